The Labute approximate surface area is 158 Å². The molecule has 1 amide bonds. The van der Waals surface area contributed by atoms with Crippen LogP contribution in [0.1, 0.15) is 20.7 Å². The van der Waals surface area contributed by atoms with Crippen molar-refractivity contribution in [1.82, 2.24) is 10.1 Å². The Morgan fingerprint density at radius 3 is 2.68 bits per heavy atom. The van der Waals surface area contributed by atoms with Crippen molar-refractivity contribution in [2.75, 3.05) is 11.1 Å². The largest absolute Gasteiger partial charge is 0.478 e. The molecule has 0 spiro atoms. The molecule has 28 heavy (non-hydrogen) atoms. The molecule has 2 aromatic heterocycles. The van der Waals surface area contributed by atoms with Gasteiger partial charge < -0.3 is 20.7 Å². The lowest BCUT2D eigenvalue weighted by Crippen LogP contribution is -2.14. The van der Waals surface area contributed by atoms with Gasteiger partial charge in [0, 0.05) is 11.1 Å². The first-order chi connectivity index (χ1) is 13.5. The highest BCUT2D eigenvalue weighted by atomic mass is 16.5. The van der Waals surface area contributed by atoms with Crippen molar-refractivity contribution < 1.29 is 19.2 Å². The normalized spacial score (nSPS) is 10.7. The Bertz CT molecular complexity index is 1220. The van der Waals surface area contributed by atoms with Crippen molar-refractivity contribution in [3.8, 4) is 11.4 Å². The second kappa shape index (κ2) is 6.84. The van der Waals surface area contributed by atoms with E-state index in [1.54, 1.807) is 12.1 Å². The molecule has 0 bridgehead atoms. The number of para-hydroxylation sites is 1. The second-order valence-electron chi connectivity index (χ2n) is 6.00. The summed E-state index contributed by atoms with van der Waals surface area (Å²) < 4.78 is 5.02. The van der Waals surface area contributed by atoms with Gasteiger partial charge in [0.2, 0.25) is 5.88 Å². The molecular weight excluding hydrogens is 360 g/mol. The molecule has 0 saturated heterocycles. The number of aromatic carboxylic acids is 1. The van der Waals surface area contributed by atoms with E-state index in [2.05, 4.69) is 15.5 Å². The van der Waals surface area contributed by atoms with Crippen LogP contribution in [-0.4, -0.2) is 27.1 Å². The Balaban J connectivity index is 1.70. The summed E-state index contributed by atoms with van der Waals surface area (Å²) in [6.07, 6.45) is 0. The molecule has 0 atom stereocenters. The number of anilines is 2. The van der Waals surface area contributed by atoms with Crippen molar-refractivity contribution in [1.29, 1.82) is 0 Å². The first-order valence-corrected chi connectivity index (χ1v) is 8.29. The lowest BCUT2D eigenvalue weighted by atomic mass is 10.1. The number of hydrogen-bond acceptors (Lipinski definition) is 6. The van der Waals surface area contributed by atoms with Crippen LogP contribution in [0, 0.1) is 0 Å². The van der Waals surface area contributed by atoms with Crippen LogP contribution in [0.15, 0.2) is 65.2 Å². The van der Waals surface area contributed by atoms with Crippen LogP contribution in [0.4, 0.5) is 11.6 Å². The highest BCUT2D eigenvalue weighted by Crippen LogP contribution is 2.28. The smallest absolute Gasteiger partial charge is 0.335 e. The Hall–Kier alpha value is -4.20. The quantitative estimate of drug-likeness (QED) is 0.498. The summed E-state index contributed by atoms with van der Waals surface area (Å²) >= 11 is 0. The van der Waals surface area contributed by atoms with Crippen molar-refractivity contribution in [2.45, 2.75) is 0 Å². The molecule has 0 radical (unpaired) electrons. The van der Waals surface area contributed by atoms with Crippen LogP contribution in [0.25, 0.3) is 22.3 Å². The lowest BCUT2D eigenvalue weighted by Gasteiger charge is -2.07. The lowest BCUT2D eigenvalue weighted by molar-refractivity contribution is 0.0696. The standard InChI is InChI=1S/C20H14N4O4/c21-18-16(19(25)22-13-6-3-5-12(10-13)20(26)27)17(24-28-18)15-9-8-11-4-1-2-7-14(11)23-15/h1-10H,21H2,(H,22,25)(H,26,27). The third kappa shape index (κ3) is 3.14. The topological polar surface area (TPSA) is 131 Å². The number of carbonyl (C=O) groups excluding carboxylic acids is 1. The summed E-state index contributed by atoms with van der Waals surface area (Å²) in [5.74, 6) is -1.83. The van der Waals surface area contributed by atoms with Crippen LogP contribution < -0.4 is 11.1 Å². The van der Waals surface area contributed by atoms with Gasteiger partial charge in [0.1, 0.15) is 11.3 Å². The fourth-order valence-electron chi connectivity index (χ4n) is 2.82. The minimum Gasteiger partial charge on any atom is -0.478 e. The van der Waals surface area contributed by atoms with Crippen molar-refractivity contribution >= 4 is 34.4 Å². The summed E-state index contributed by atoms with van der Waals surface area (Å²) in [6, 6.07) is 17.0. The number of carbonyl (C=O) groups is 2. The monoisotopic (exact) mass is 374 g/mol. The Morgan fingerprint density at radius 2 is 1.86 bits per heavy atom. The number of benzene rings is 2. The van der Waals surface area contributed by atoms with Gasteiger partial charge in [0.05, 0.1) is 16.8 Å². The van der Waals surface area contributed by atoms with E-state index in [0.717, 1.165) is 10.9 Å². The van der Waals surface area contributed by atoms with E-state index in [9.17, 15) is 9.59 Å². The van der Waals surface area contributed by atoms with E-state index >= 15 is 0 Å². The molecule has 0 aliphatic carbocycles. The van der Waals surface area contributed by atoms with Gasteiger partial charge in [-0.1, -0.05) is 35.5 Å². The van der Waals surface area contributed by atoms with Gasteiger partial charge in [0.25, 0.3) is 5.91 Å². The fraction of sp³-hybridized carbons (Fsp3) is 0. The van der Waals surface area contributed by atoms with Crippen LogP contribution in [-0.2, 0) is 0 Å². The van der Waals surface area contributed by atoms with E-state index < -0.39 is 11.9 Å². The number of nitrogens with zero attached hydrogens (tertiary/aromatic N) is 2. The predicted octanol–water partition coefficient (Wildman–Crippen LogP) is 3.42. The molecule has 0 unspecified atom stereocenters. The minimum atomic E-state index is -1.10. The van der Waals surface area contributed by atoms with Gasteiger partial charge in [-0.15, -0.1) is 0 Å². The third-order valence-electron chi connectivity index (χ3n) is 4.15. The first-order valence-electron chi connectivity index (χ1n) is 8.29. The van der Waals surface area contributed by atoms with Crippen LogP contribution in [0.2, 0.25) is 0 Å². The number of pyridine rings is 1. The van der Waals surface area contributed by atoms with Crippen LogP contribution in [0.5, 0.6) is 0 Å². The molecule has 0 aliphatic heterocycles. The van der Waals surface area contributed by atoms with Gasteiger partial charge in [-0.3, -0.25) is 4.79 Å². The number of nitrogen functional groups attached to an aromatic ring is 1. The molecule has 4 aromatic rings. The van der Waals surface area contributed by atoms with Gasteiger partial charge >= 0.3 is 5.97 Å². The van der Waals surface area contributed by atoms with E-state index in [4.69, 9.17) is 15.4 Å². The maximum Gasteiger partial charge on any atom is 0.335 e. The average molecular weight is 374 g/mol. The molecule has 0 aliphatic rings. The zero-order valence-corrected chi connectivity index (χ0v) is 14.4. The second-order valence-corrected chi connectivity index (χ2v) is 6.00. The number of nitrogens with one attached hydrogen (secondary N) is 1. The van der Waals surface area contributed by atoms with Gasteiger partial charge in [-0.2, -0.15) is 0 Å². The van der Waals surface area contributed by atoms with Crippen molar-refractivity contribution in [3.05, 3.63) is 71.8 Å². The van der Waals surface area contributed by atoms with Crippen LogP contribution >= 0.6 is 0 Å². The molecule has 4 N–H and O–H groups in total. The number of carboxylic acid groups (broad SMARTS) is 1. The third-order valence-corrected chi connectivity index (χ3v) is 4.15. The molecule has 0 fully saturated rings. The SMILES string of the molecule is Nc1onc(-c2ccc3ccccc3n2)c1C(=O)Nc1cccc(C(=O)O)c1. The van der Waals surface area contributed by atoms with E-state index in [1.807, 2.05) is 30.3 Å². The highest BCUT2D eigenvalue weighted by molar-refractivity contribution is 6.11. The summed E-state index contributed by atoms with van der Waals surface area (Å²) in [6.45, 7) is 0. The number of carboxylic acids is 1. The number of amides is 1. The molecule has 0 saturated carbocycles. The Kier molecular flexibility index (Phi) is 4.21. The van der Waals surface area contributed by atoms with E-state index in [0.29, 0.717) is 11.4 Å². The predicted molar refractivity (Wildman–Crippen MR) is 103 cm³/mol. The molecule has 8 heteroatoms. The zero-order valence-electron chi connectivity index (χ0n) is 14.4. The number of fused-ring (bicyclic) bond motifs is 1. The van der Waals surface area contributed by atoms with Crippen molar-refractivity contribution in [2.24, 2.45) is 0 Å². The van der Waals surface area contributed by atoms with Gasteiger partial charge in [-0.05, 0) is 30.3 Å². The number of nitrogens with two attached hydrogens (primary N) is 1. The fourth-order valence-corrected chi connectivity index (χ4v) is 2.82. The zero-order chi connectivity index (χ0) is 19.7. The number of hydrogen-bond donors (Lipinski definition) is 3. The summed E-state index contributed by atoms with van der Waals surface area (Å²) in [7, 11) is 0. The van der Waals surface area contributed by atoms with Gasteiger partial charge in [-0.25, -0.2) is 9.78 Å². The molecule has 2 heterocycles. The minimum absolute atomic E-state index is 0.0310. The van der Waals surface area contributed by atoms with Crippen LogP contribution in [0.3, 0.4) is 0 Å². The maximum absolute atomic E-state index is 12.8. The maximum atomic E-state index is 12.8. The summed E-state index contributed by atoms with van der Waals surface area (Å²) in [5, 5.41) is 16.5. The highest BCUT2D eigenvalue weighted by Gasteiger charge is 2.24. The molecule has 4 rings (SSSR count). The summed E-state index contributed by atoms with van der Waals surface area (Å²) in [5.41, 5.74) is 7.58. The van der Waals surface area contributed by atoms with E-state index in [-0.39, 0.29) is 22.7 Å². The van der Waals surface area contributed by atoms with Gasteiger partial charge in [0.15, 0.2) is 0 Å². The summed E-state index contributed by atoms with van der Waals surface area (Å²) in [4.78, 5) is 28.4. The van der Waals surface area contributed by atoms with E-state index in [1.165, 1.54) is 18.2 Å². The Morgan fingerprint density at radius 1 is 1.04 bits per heavy atom. The first kappa shape index (κ1) is 17.2. The average Bonchev–Trinajstić information content (AvgIpc) is 3.09. The molecular formula is C20H14N4O4. The molecule has 138 valence electrons. The van der Waals surface area contributed by atoms with Crippen molar-refractivity contribution in [3.63, 3.8) is 0 Å². The number of rotatable bonds is 4. The molecule has 2 aromatic carbocycles. The molecule has 8 nitrogen and oxygen atoms in total. The number of aromatic nitrogens is 2.